The molecule has 27 heavy (non-hydrogen) atoms. The van der Waals surface area contributed by atoms with Gasteiger partial charge < -0.3 is 19.7 Å². The number of carbonyl (C=O) groups is 2. The molecule has 7 heteroatoms. The molecular formula is C20H31N3O4. The molecule has 150 valence electrons. The molecule has 7 nitrogen and oxygen atoms in total. The lowest BCUT2D eigenvalue weighted by molar-refractivity contribution is -0.122. The summed E-state index contributed by atoms with van der Waals surface area (Å²) in [6.45, 7) is 5.71. The average molecular weight is 377 g/mol. The van der Waals surface area contributed by atoms with Gasteiger partial charge in [0, 0.05) is 20.1 Å². The maximum Gasteiger partial charge on any atom is 0.409 e. The maximum atomic E-state index is 12.0. The van der Waals surface area contributed by atoms with E-state index in [9.17, 15) is 9.59 Å². The van der Waals surface area contributed by atoms with Gasteiger partial charge >= 0.3 is 6.09 Å². The molecule has 1 N–H and O–H groups in total. The third-order valence-corrected chi connectivity index (χ3v) is 4.82. The summed E-state index contributed by atoms with van der Waals surface area (Å²) in [5.74, 6) is 1.21. The number of nitrogens with one attached hydrogen (secondary N) is 1. The predicted molar refractivity (Wildman–Crippen MR) is 104 cm³/mol. The van der Waals surface area contributed by atoms with Gasteiger partial charge in [0.2, 0.25) is 5.91 Å². The molecular weight excluding hydrogens is 346 g/mol. The molecule has 0 radical (unpaired) electrons. The number of piperidine rings is 1. The molecule has 0 saturated carbocycles. The maximum absolute atomic E-state index is 12.0. The van der Waals surface area contributed by atoms with Crippen molar-refractivity contribution in [3.63, 3.8) is 0 Å². The van der Waals surface area contributed by atoms with E-state index >= 15 is 0 Å². The van der Waals surface area contributed by atoms with E-state index in [1.54, 1.807) is 21.1 Å². The highest BCUT2D eigenvalue weighted by Crippen LogP contribution is 2.19. The van der Waals surface area contributed by atoms with Crippen molar-refractivity contribution in [2.24, 2.45) is 5.92 Å². The van der Waals surface area contributed by atoms with Gasteiger partial charge in [-0.1, -0.05) is 12.1 Å². The Kier molecular flexibility index (Phi) is 8.39. The van der Waals surface area contributed by atoms with Crippen molar-refractivity contribution in [1.29, 1.82) is 0 Å². The summed E-state index contributed by atoms with van der Waals surface area (Å²) in [6, 6.07) is 8.19. The molecule has 1 heterocycles. The summed E-state index contributed by atoms with van der Waals surface area (Å²) in [5.41, 5.74) is 1.28. The minimum atomic E-state index is -0.473. The third kappa shape index (κ3) is 7.09. The number of carbonyl (C=O) groups excluding carboxylic acids is 2. The van der Waals surface area contributed by atoms with E-state index in [-0.39, 0.29) is 12.5 Å². The zero-order valence-corrected chi connectivity index (χ0v) is 16.6. The third-order valence-electron chi connectivity index (χ3n) is 4.82. The molecule has 1 aromatic rings. The van der Waals surface area contributed by atoms with Crippen LogP contribution < -0.4 is 10.1 Å². The number of ether oxygens (including phenoxy) is 2. The van der Waals surface area contributed by atoms with Gasteiger partial charge in [-0.05, 0) is 56.5 Å². The molecule has 2 amide bonds. The van der Waals surface area contributed by atoms with Crippen LogP contribution in [0.5, 0.6) is 5.75 Å². The van der Waals surface area contributed by atoms with Gasteiger partial charge in [-0.25, -0.2) is 4.79 Å². The molecule has 1 fully saturated rings. The van der Waals surface area contributed by atoms with Crippen LogP contribution in [0.1, 0.15) is 25.3 Å². The largest absolute Gasteiger partial charge is 0.497 e. The first-order valence-corrected chi connectivity index (χ1v) is 9.51. The number of amides is 2. The number of methoxy groups -OCH3 is 1. The standard InChI is InChI=1S/C20H31N3O4/c1-4-27-20(25)22(2)15-19(24)21-13-16-9-11-23(12-10-16)14-17-5-7-18(26-3)8-6-17/h5-8,16H,4,9-15H2,1-3H3,(H,21,24). The Hall–Kier alpha value is -2.28. The Balaban J connectivity index is 1.65. The van der Waals surface area contributed by atoms with Gasteiger partial charge in [0.05, 0.1) is 13.7 Å². The van der Waals surface area contributed by atoms with Crippen LogP contribution >= 0.6 is 0 Å². The van der Waals surface area contributed by atoms with Crippen molar-refractivity contribution in [3.05, 3.63) is 29.8 Å². The highest BCUT2D eigenvalue weighted by molar-refractivity contribution is 5.82. The molecule has 1 aliphatic rings. The molecule has 0 aromatic heterocycles. The normalized spacial score (nSPS) is 15.2. The number of nitrogens with zero attached hydrogens (tertiary/aromatic N) is 2. The molecule has 0 spiro atoms. The van der Waals surface area contributed by atoms with Crippen LogP contribution in [0.2, 0.25) is 0 Å². The Bertz CT molecular complexity index is 598. The van der Waals surface area contributed by atoms with E-state index in [1.165, 1.54) is 10.5 Å². The van der Waals surface area contributed by atoms with E-state index in [2.05, 4.69) is 22.3 Å². The van der Waals surface area contributed by atoms with Gasteiger partial charge in [0.15, 0.2) is 0 Å². The zero-order valence-electron chi connectivity index (χ0n) is 16.6. The number of likely N-dealkylation sites (N-methyl/N-ethyl adjacent to an activating group) is 1. The molecule has 2 rings (SSSR count). The second-order valence-electron chi connectivity index (χ2n) is 6.93. The van der Waals surface area contributed by atoms with Crippen LogP contribution in [0.15, 0.2) is 24.3 Å². The minimum Gasteiger partial charge on any atom is -0.497 e. The fourth-order valence-electron chi connectivity index (χ4n) is 3.17. The summed E-state index contributed by atoms with van der Waals surface area (Å²) < 4.78 is 10.1. The first-order valence-electron chi connectivity index (χ1n) is 9.51. The number of hydrogen-bond acceptors (Lipinski definition) is 5. The quantitative estimate of drug-likeness (QED) is 0.751. The smallest absolute Gasteiger partial charge is 0.409 e. The molecule has 1 aromatic carbocycles. The Morgan fingerprint density at radius 2 is 1.89 bits per heavy atom. The van der Waals surface area contributed by atoms with E-state index in [1.807, 2.05) is 12.1 Å². The van der Waals surface area contributed by atoms with Gasteiger partial charge in [-0.15, -0.1) is 0 Å². The summed E-state index contributed by atoms with van der Waals surface area (Å²) in [5, 5.41) is 2.94. The lowest BCUT2D eigenvalue weighted by Crippen LogP contribution is -2.42. The summed E-state index contributed by atoms with van der Waals surface area (Å²) in [6.07, 6.45) is 1.65. The monoisotopic (exact) mass is 377 g/mol. The van der Waals surface area contributed by atoms with Crippen molar-refractivity contribution in [3.8, 4) is 5.75 Å². The van der Waals surface area contributed by atoms with Gasteiger partial charge in [-0.2, -0.15) is 0 Å². The molecule has 1 aliphatic heterocycles. The van der Waals surface area contributed by atoms with Crippen LogP contribution in [-0.4, -0.2) is 68.7 Å². The van der Waals surface area contributed by atoms with Crippen molar-refractivity contribution in [2.45, 2.75) is 26.3 Å². The highest BCUT2D eigenvalue weighted by Gasteiger charge is 2.20. The van der Waals surface area contributed by atoms with E-state index in [4.69, 9.17) is 9.47 Å². The SMILES string of the molecule is CCOC(=O)N(C)CC(=O)NCC1CCN(Cc2ccc(OC)cc2)CC1. The number of benzene rings is 1. The summed E-state index contributed by atoms with van der Waals surface area (Å²) >= 11 is 0. The fourth-order valence-corrected chi connectivity index (χ4v) is 3.17. The van der Waals surface area contributed by atoms with Crippen molar-refractivity contribution >= 4 is 12.0 Å². The van der Waals surface area contributed by atoms with E-state index in [0.29, 0.717) is 19.1 Å². The van der Waals surface area contributed by atoms with Crippen molar-refractivity contribution in [2.75, 3.05) is 46.9 Å². The number of likely N-dealkylation sites (tertiary alicyclic amines) is 1. The van der Waals surface area contributed by atoms with Crippen molar-refractivity contribution < 1.29 is 19.1 Å². The summed E-state index contributed by atoms with van der Waals surface area (Å²) in [7, 11) is 3.24. The van der Waals surface area contributed by atoms with Crippen LogP contribution in [0.25, 0.3) is 0 Å². The van der Waals surface area contributed by atoms with E-state index < -0.39 is 6.09 Å². The first-order chi connectivity index (χ1) is 13.0. The van der Waals surface area contributed by atoms with Gasteiger partial charge in [0.25, 0.3) is 0 Å². The first kappa shape index (κ1) is 21.0. The lowest BCUT2D eigenvalue weighted by Gasteiger charge is -2.32. The predicted octanol–water partition coefficient (Wildman–Crippen LogP) is 2.11. The minimum absolute atomic E-state index is 0.0230. The van der Waals surface area contributed by atoms with E-state index in [0.717, 1.165) is 38.2 Å². The topological polar surface area (TPSA) is 71.1 Å². The lowest BCUT2D eigenvalue weighted by atomic mass is 9.96. The van der Waals surface area contributed by atoms with Gasteiger partial charge in [-0.3, -0.25) is 9.69 Å². The fraction of sp³-hybridized carbons (Fsp3) is 0.600. The molecule has 0 atom stereocenters. The van der Waals surface area contributed by atoms with Crippen LogP contribution in [0.3, 0.4) is 0 Å². The molecule has 0 bridgehead atoms. The van der Waals surface area contributed by atoms with Crippen molar-refractivity contribution in [1.82, 2.24) is 15.1 Å². The number of hydrogen-bond donors (Lipinski definition) is 1. The van der Waals surface area contributed by atoms with Gasteiger partial charge in [0.1, 0.15) is 12.3 Å². The Labute approximate surface area is 161 Å². The second kappa shape index (κ2) is 10.8. The van der Waals surface area contributed by atoms with Crippen LogP contribution in [-0.2, 0) is 16.1 Å². The molecule has 1 saturated heterocycles. The zero-order chi connectivity index (χ0) is 19.6. The molecule has 0 unspecified atom stereocenters. The summed E-state index contributed by atoms with van der Waals surface area (Å²) in [4.78, 5) is 27.2. The average Bonchev–Trinajstić information content (AvgIpc) is 2.68. The Morgan fingerprint density at radius 3 is 2.48 bits per heavy atom. The number of rotatable bonds is 8. The van der Waals surface area contributed by atoms with Crippen LogP contribution in [0.4, 0.5) is 4.79 Å². The second-order valence-corrected chi connectivity index (χ2v) is 6.93. The Morgan fingerprint density at radius 1 is 1.22 bits per heavy atom. The molecule has 0 aliphatic carbocycles. The van der Waals surface area contributed by atoms with Crippen LogP contribution in [0, 0.1) is 5.92 Å². The highest BCUT2D eigenvalue weighted by atomic mass is 16.6.